The fourth-order valence-electron chi connectivity index (χ4n) is 2.00. The van der Waals surface area contributed by atoms with Crippen molar-refractivity contribution in [3.8, 4) is 11.1 Å². The molecule has 1 atom stereocenters. The molecule has 0 aliphatic carbocycles. The molecule has 0 spiro atoms. The van der Waals surface area contributed by atoms with Gasteiger partial charge in [-0.2, -0.15) is 0 Å². The first-order chi connectivity index (χ1) is 12.6. The fraction of sp³-hybridized carbons (Fsp3) is 0.409. The molecule has 0 radical (unpaired) electrons. The smallest absolute Gasteiger partial charge is 0.147 e. The van der Waals surface area contributed by atoms with Gasteiger partial charge < -0.3 is 5.73 Å². The van der Waals surface area contributed by atoms with Gasteiger partial charge >= 0.3 is 0 Å². The summed E-state index contributed by atoms with van der Waals surface area (Å²) in [7, 11) is 0. The van der Waals surface area contributed by atoms with E-state index in [1.807, 2.05) is 32.0 Å². The molecule has 0 saturated carbocycles. The third-order valence-electron chi connectivity index (χ3n) is 3.23. The Hall–Kier alpha value is -1.62. The van der Waals surface area contributed by atoms with Gasteiger partial charge in [0.1, 0.15) is 5.78 Å². The second-order valence-electron chi connectivity index (χ2n) is 5.56. The normalized spacial score (nSPS) is 10.7. The van der Waals surface area contributed by atoms with E-state index in [0.29, 0.717) is 13.0 Å². The highest BCUT2D eigenvalue weighted by molar-refractivity contribution is 7.97. The van der Waals surface area contributed by atoms with Gasteiger partial charge in [0.15, 0.2) is 0 Å². The van der Waals surface area contributed by atoms with E-state index in [9.17, 15) is 4.79 Å². The van der Waals surface area contributed by atoms with Crippen LogP contribution in [-0.2, 0) is 4.79 Å². The summed E-state index contributed by atoms with van der Waals surface area (Å²) < 4.78 is 3.18. The van der Waals surface area contributed by atoms with Crippen molar-refractivity contribution < 1.29 is 4.79 Å². The molecule has 3 nitrogen and oxygen atoms in total. The zero-order chi connectivity index (χ0) is 19.8. The maximum Gasteiger partial charge on any atom is 0.147 e. The van der Waals surface area contributed by atoms with Crippen LogP contribution >= 0.6 is 11.9 Å². The lowest BCUT2D eigenvalue weighted by molar-refractivity contribution is -0.118. The SMILES string of the molecule is CC.CC(=O)C(CCN)NSc1ccc(-c2ccccc2)cc1.CCC. The van der Waals surface area contributed by atoms with Crippen LogP contribution in [0.5, 0.6) is 0 Å². The summed E-state index contributed by atoms with van der Waals surface area (Å²) in [5.41, 5.74) is 7.90. The van der Waals surface area contributed by atoms with Gasteiger partial charge in [0.25, 0.3) is 0 Å². The topological polar surface area (TPSA) is 55.1 Å². The van der Waals surface area contributed by atoms with Gasteiger partial charge in [-0.1, -0.05) is 76.6 Å². The highest BCUT2D eigenvalue weighted by atomic mass is 32.2. The van der Waals surface area contributed by atoms with Crippen molar-refractivity contribution in [1.82, 2.24) is 4.72 Å². The summed E-state index contributed by atoms with van der Waals surface area (Å²) in [6, 6.07) is 18.4. The van der Waals surface area contributed by atoms with E-state index in [1.54, 1.807) is 6.92 Å². The van der Waals surface area contributed by atoms with Gasteiger partial charge in [0.05, 0.1) is 6.04 Å². The van der Waals surface area contributed by atoms with Crippen LogP contribution in [-0.4, -0.2) is 18.4 Å². The van der Waals surface area contributed by atoms with E-state index in [-0.39, 0.29) is 11.8 Å². The van der Waals surface area contributed by atoms with Crippen LogP contribution in [0.3, 0.4) is 0 Å². The van der Waals surface area contributed by atoms with Crippen LogP contribution in [0.15, 0.2) is 59.5 Å². The third-order valence-corrected chi connectivity index (χ3v) is 4.14. The predicted molar refractivity (Wildman–Crippen MR) is 116 cm³/mol. The summed E-state index contributed by atoms with van der Waals surface area (Å²) in [5.74, 6) is 0.119. The number of nitrogens with one attached hydrogen (secondary N) is 1. The number of rotatable bonds is 7. The van der Waals surface area contributed by atoms with Crippen molar-refractivity contribution >= 4 is 17.7 Å². The van der Waals surface area contributed by atoms with Crippen LogP contribution < -0.4 is 10.5 Å². The molecular formula is C22H34N2OS. The Morgan fingerprint density at radius 1 is 1.00 bits per heavy atom. The van der Waals surface area contributed by atoms with Crippen LogP contribution in [0.25, 0.3) is 11.1 Å². The summed E-state index contributed by atoms with van der Waals surface area (Å²) in [4.78, 5) is 12.5. The molecule has 2 aromatic carbocycles. The summed E-state index contributed by atoms with van der Waals surface area (Å²) >= 11 is 1.47. The molecular weight excluding hydrogens is 340 g/mol. The zero-order valence-electron chi connectivity index (χ0n) is 16.8. The van der Waals surface area contributed by atoms with Crippen molar-refractivity contribution in [3.63, 3.8) is 0 Å². The summed E-state index contributed by atoms with van der Waals surface area (Å²) in [6.07, 6.45) is 1.91. The number of ketones is 1. The third kappa shape index (κ3) is 9.76. The van der Waals surface area contributed by atoms with Crippen LogP contribution in [0.4, 0.5) is 0 Å². The molecule has 144 valence electrons. The molecule has 0 saturated heterocycles. The van der Waals surface area contributed by atoms with Gasteiger partial charge in [-0.15, -0.1) is 0 Å². The molecule has 3 N–H and O–H groups in total. The summed E-state index contributed by atoms with van der Waals surface area (Å²) in [5, 5.41) is 0. The van der Waals surface area contributed by atoms with E-state index in [2.05, 4.69) is 55.0 Å². The lowest BCUT2D eigenvalue weighted by atomic mass is 10.1. The molecule has 0 aliphatic rings. The first kappa shape index (κ1) is 24.4. The Kier molecular flexibility index (Phi) is 14.6. The van der Waals surface area contributed by atoms with Crippen LogP contribution in [0, 0.1) is 0 Å². The van der Waals surface area contributed by atoms with E-state index < -0.39 is 0 Å². The van der Waals surface area contributed by atoms with Crippen molar-refractivity contribution in [2.24, 2.45) is 5.73 Å². The molecule has 26 heavy (non-hydrogen) atoms. The molecule has 0 aromatic heterocycles. The Bertz CT molecular complexity index is 585. The first-order valence-electron chi connectivity index (χ1n) is 9.40. The van der Waals surface area contributed by atoms with Crippen molar-refractivity contribution in [3.05, 3.63) is 54.6 Å². The maximum absolute atomic E-state index is 11.5. The minimum absolute atomic E-state index is 0.119. The quantitative estimate of drug-likeness (QED) is 0.610. The molecule has 0 fully saturated rings. The molecule has 4 heteroatoms. The van der Waals surface area contributed by atoms with Crippen molar-refractivity contribution in [1.29, 1.82) is 0 Å². The van der Waals surface area contributed by atoms with Crippen LogP contribution in [0.2, 0.25) is 0 Å². The van der Waals surface area contributed by atoms with E-state index >= 15 is 0 Å². The molecule has 2 aromatic rings. The minimum atomic E-state index is -0.186. The van der Waals surface area contributed by atoms with Gasteiger partial charge in [0.2, 0.25) is 0 Å². The zero-order valence-corrected chi connectivity index (χ0v) is 17.6. The van der Waals surface area contributed by atoms with Gasteiger partial charge in [-0.3, -0.25) is 4.79 Å². The Morgan fingerprint density at radius 3 is 1.96 bits per heavy atom. The number of carbonyl (C=O) groups is 1. The molecule has 0 amide bonds. The number of carbonyl (C=O) groups excluding carboxylic acids is 1. The lowest BCUT2D eigenvalue weighted by Gasteiger charge is -2.14. The van der Waals surface area contributed by atoms with E-state index in [1.165, 1.54) is 29.5 Å². The first-order valence-corrected chi connectivity index (χ1v) is 10.2. The molecule has 0 bridgehead atoms. The summed E-state index contributed by atoms with van der Waals surface area (Å²) in [6.45, 7) is 10.3. The lowest BCUT2D eigenvalue weighted by Crippen LogP contribution is -2.32. The van der Waals surface area contributed by atoms with Crippen LogP contribution in [0.1, 0.15) is 47.5 Å². The van der Waals surface area contributed by atoms with Crippen molar-refractivity contribution in [2.75, 3.05) is 6.54 Å². The number of hydrogen-bond acceptors (Lipinski definition) is 4. The Balaban J connectivity index is 0.00000113. The van der Waals surface area contributed by atoms with E-state index in [0.717, 1.165) is 4.90 Å². The number of nitrogens with two attached hydrogens (primary N) is 1. The highest BCUT2D eigenvalue weighted by Gasteiger charge is 2.12. The second kappa shape index (κ2) is 15.6. The standard InChI is InChI=1S/C17H20N2OS.C3H8.C2H6/c1-13(20)17(11-12-18)19-21-16-9-7-15(8-10-16)14-5-3-2-4-6-14;1-3-2;1-2/h2-10,17,19H,11-12,18H2,1H3;3H2,1-2H3;1-2H3. The van der Waals surface area contributed by atoms with E-state index in [4.69, 9.17) is 5.73 Å². The Labute approximate surface area is 163 Å². The number of hydrogen-bond donors (Lipinski definition) is 2. The average molecular weight is 375 g/mol. The monoisotopic (exact) mass is 374 g/mol. The molecule has 0 aliphatic heterocycles. The molecule has 2 rings (SSSR count). The van der Waals surface area contributed by atoms with Crippen molar-refractivity contribution in [2.45, 2.75) is 58.4 Å². The average Bonchev–Trinajstić information content (AvgIpc) is 2.68. The minimum Gasteiger partial charge on any atom is -0.330 e. The van der Waals surface area contributed by atoms with Gasteiger partial charge in [-0.25, -0.2) is 4.72 Å². The number of benzene rings is 2. The number of Topliss-reactive ketones (excluding diaryl/α,β-unsaturated/α-hetero) is 1. The maximum atomic E-state index is 11.5. The molecule has 1 unspecified atom stereocenters. The predicted octanol–water partition coefficient (Wildman–Crippen LogP) is 5.70. The Morgan fingerprint density at radius 2 is 1.50 bits per heavy atom. The largest absolute Gasteiger partial charge is 0.330 e. The van der Waals surface area contributed by atoms with Gasteiger partial charge in [-0.05, 0) is 55.1 Å². The fourth-order valence-corrected chi connectivity index (χ4v) is 2.83. The highest BCUT2D eigenvalue weighted by Crippen LogP contribution is 2.23. The second-order valence-corrected chi connectivity index (χ2v) is 6.47. The van der Waals surface area contributed by atoms with Gasteiger partial charge in [0, 0.05) is 4.90 Å². The molecule has 0 heterocycles.